The summed E-state index contributed by atoms with van der Waals surface area (Å²) in [5.74, 6) is -0.115. The highest BCUT2D eigenvalue weighted by molar-refractivity contribution is 5.97. The van der Waals surface area contributed by atoms with Crippen molar-refractivity contribution in [1.29, 1.82) is 0 Å². The van der Waals surface area contributed by atoms with Crippen LogP contribution in [0.5, 0.6) is 0 Å². The van der Waals surface area contributed by atoms with Gasteiger partial charge >= 0.3 is 0 Å². The van der Waals surface area contributed by atoms with Crippen molar-refractivity contribution in [2.45, 2.75) is 46.6 Å². The number of fused-ring (bicyclic) bond motifs is 1. The summed E-state index contributed by atoms with van der Waals surface area (Å²) >= 11 is 0. The van der Waals surface area contributed by atoms with Gasteiger partial charge in [0.15, 0.2) is 0 Å². The number of nitrogens with zero attached hydrogens (tertiary/aromatic N) is 2. The molecule has 1 fully saturated rings. The molecule has 3 aliphatic heterocycles. The van der Waals surface area contributed by atoms with Crippen LogP contribution in [0.2, 0.25) is 0 Å². The summed E-state index contributed by atoms with van der Waals surface area (Å²) in [5, 5.41) is 7.04. The summed E-state index contributed by atoms with van der Waals surface area (Å²) in [6.07, 6.45) is 2.83. The van der Waals surface area contributed by atoms with Gasteiger partial charge in [0.1, 0.15) is 12.3 Å². The van der Waals surface area contributed by atoms with E-state index >= 15 is 0 Å². The summed E-state index contributed by atoms with van der Waals surface area (Å²) in [6.45, 7) is 9.36. The van der Waals surface area contributed by atoms with E-state index in [-0.39, 0.29) is 25.2 Å². The van der Waals surface area contributed by atoms with Gasteiger partial charge in [0, 0.05) is 24.1 Å². The van der Waals surface area contributed by atoms with Crippen molar-refractivity contribution >= 4 is 5.91 Å². The second-order valence-corrected chi connectivity index (χ2v) is 7.88. The van der Waals surface area contributed by atoms with E-state index in [1.807, 2.05) is 26.1 Å². The fourth-order valence-corrected chi connectivity index (χ4v) is 3.96. The lowest BCUT2D eigenvalue weighted by Gasteiger charge is -2.37. The van der Waals surface area contributed by atoms with Crippen LogP contribution in [0, 0.1) is 13.8 Å². The number of carbonyl (C=O) groups is 1. The van der Waals surface area contributed by atoms with E-state index in [1.165, 1.54) is 16.7 Å². The van der Waals surface area contributed by atoms with Gasteiger partial charge in [-0.3, -0.25) is 4.79 Å². The van der Waals surface area contributed by atoms with Crippen molar-refractivity contribution in [2.24, 2.45) is 0 Å². The molecule has 1 unspecified atom stereocenters. The fraction of sp³-hybridized carbons (Fsp3) is 0.409. The number of aryl methyl sites for hydroxylation is 2. The van der Waals surface area contributed by atoms with Crippen LogP contribution in [0.15, 0.2) is 53.1 Å². The highest BCUT2D eigenvalue weighted by atomic mass is 19.1. The number of hydrogen-bond acceptors (Lipinski definition) is 4. The second-order valence-electron chi connectivity index (χ2n) is 7.88. The monoisotopic (exact) mass is 382 g/mol. The second kappa shape index (κ2) is 7.00. The molecular formula is C22H27FN4O. The zero-order valence-electron chi connectivity index (χ0n) is 16.8. The number of allylic oxidation sites excluding steroid dienone is 2. The Kier molecular flexibility index (Phi) is 4.65. The highest BCUT2D eigenvalue weighted by Crippen LogP contribution is 2.30. The van der Waals surface area contributed by atoms with Gasteiger partial charge in [-0.1, -0.05) is 18.2 Å². The Morgan fingerprint density at radius 3 is 2.54 bits per heavy atom. The Labute approximate surface area is 165 Å². The lowest BCUT2D eigenvalue weighted by molar-refractivity contribution is -0.133. The number of halogens is 1. The molecule has 3 aliphatic rings. The van der Waals surface area contributed by atoms with Gasteiger partial charge in [-0.2, -0.15) is 0 Å². The average molecular weight is 382 g/mol. The molecule has 4 rings (SSSR count). The van der Waals surface area contributed by atoms with E-state index in [9.17, 15) is 9.18 Å². The maximum Gasteiger partial charge on any atom is 0.255 e. The van der Waals surface area contributed by atoms with Crippen molar-refractivity contribution in [1.82, 2.24) is 20.4 Å². The smallest absolute Gasteiger partial charge is 0.255 e. The maximum atomic E-state index is 13.2. The molecule has 0 spiro atoms. The summed E-state index contributed by atoms with van der Waals surface area (Å²) in [7, 11) is 0. The summed E-state index contributed by atoms with van der Waals surface area (Å²) < 4.78 is 13.2. The SMILES string of the molecule is CC1=C(C)N2C=C(C(=O)N3CC(F)C3)C=C(NCc3c(C)cccc3C)C2N1. The number of alkyl halides is 1. The molecule has 0 saturated carbocycles. The molecule has 3 heterocycles. The first-order valence-corrected chi connectivity index (χ1v) is 9.73. The van der Waals surface area contributed by atoms with Crippen LogP contribution in [-0.2, 0) is 11.3 Å². The van der Waals surface area contributed by atoms with E-state index in [4.69, 9.17) is 0 Å². The van der Waals surface area contributed by atoms with Crippen molar-refractivity contribution in [2.75, 3.05) is 13.1 Å². The molecule has 6 heteroatoms. The van der Waals surface area contributed by atoms with Crippen LogP contribution in [0.3, 0.4) is 0 Å². The molecule has 2 N–H and O–H groups in total. The topological polar surface area (TPSA) is 47.6 Å². The Morgan fingerprint density at radius 1 is 1.21 bits per heavy atom. The molecule has 0 radical (unpaired) electrons. The molecule has 5 nitrogen and oxygen atoms in total. The Balaban J connectivity index is 1.59. The van der Waals surface area contributed by atoms with Crippen LogP contribution in [0.4, 0.5) is 4.39 Å². The first-order chi connectivity index (χ1) is 13.3. The lowest BCUT2D eigenvalue weighted by Crippen LogP contribution is -2.52. The van der Waals surface area contributed by atoms with Crippen molar-refractivity contribution in [3.63, 3.8) is 0 Å². The van der Waals surface area contributed by atoms with Gasteiger partial charge in [-0.15, -0.1) is 0 Å². The van der Waals surface area contributed by atoms with Crippen LogP contribution in [0.1, 0.15) is 30.5 Å². The van der Waals surface area contributed by atoms with Gasteiger partial charge in [0.05, 0.1) is 24.4 Å². The molecule has 1 aromatic rings. The molecule has 1 amide bonds. The molecule has 0 aromatic heterocycles. The predicted molar refractivity (Wildman–Crippen MR) is 108 cm³/mol. The number of benzene rings is 1. The minimum Gasteiger partial charge on any atom is -0.381 e. The molecule has 1 atom stereocenters. The quantitative estimate of drug-likeness (QED) is 0.841. The third-order valence-corrected chi connectivity index (χ3v) is 5.93. The van der Waals surface area contributed by atoms with Crippen LogP contribution < -0.4 is 10.6 Å². The van der Waals surface area contributed by atoms with E-state index in [1.54, 1.807) is 4.90 Å². The van der Waals surface area contributed by atoms with E-state index < -0.39 is 6.17 Å². The number of nitrogens with one attached hydrogen (secondary N) is 2. The molecule has 148 valence electrons. The summed E-state index contributed by atoms with van der Waals surface area (Å²) in [5.41, 5.74) is 7.45. The molecule has 0 aliphatic carbocycles. The zero-order chi connectivity index (χ0) is 20.0. The van der Waals surface area contributed by atoms with Crippen LogP contribution in [0.25, 0.3) is 0 Å². The van der Waals surface area contributed by atoms with Gasteiger partial charge in [0.2, 0.25) is 0 Å². The van der Waals surface area contributed by atoms with Gasteiger partial charge in [-0.25, -0.2) is 4.39 Å². The minimum atomic E-state index is -0.899. The first kappa shape index (κ1) is 18.6. The number of hydrogen-bond donors (Lipinski definition) is 2. The number of amides is 1. The van der Waals surface area contributed by atoms with Gasteiger partial charge in [0.25, 0.3) is 5.91 Å². The van der Waals surface area contributed by atoms with E-state index in [0.29, 0.717) is 12.1 Å². The van der Waals surface area contributed by atoms with Crippen molar-refractivity contribution in [3.8, 4) is 0 Å². The minimum absolute atomic E-state index is 0.0498. The fourth-order valence-electron chi connectivity index (χ4n) is 3.96. The van der Waals surface area contributed by atoms with E-state index in [2.05, 4.69) is 47.6 Å². The Morgan fingerprint density at radius 2 is 1.89 bits per heavy atom. The average Bonchev–Trinajstić information content (AvgIpc) is 2.92. The molecule has 0 bridgehead atoms. The van der Waals surface area contributed by atoms with Crippen molar-refractivity contribution < 1.29 is 9.18 Å². The van der Waals surface area contributed by atoms with Crippen molar-refractivity contribution in [3.05, 3.63) is 69.8 Å². The summed E-state index contributed by atoms with van der Waals surface area (Å²) in [6, 6.07) is 6.29. The number of rotatable bonds is 4. The largest absolute Gasteiger partial charge is 0.381 e. The highest BCUT2D eigenvalue weighted by Gasteiger charge is 2.36. The van der Waals surface area contributed by atoms with Crippen LogP contribution >= 0.6 is 0 Å². The first-order valence-electron chi connectivity index (χ1n) is 9.73. The van der Waals surface area contributed by atoms with Gasteiger partial charge < -0.3 is 20.4 Å². The number of likely N-dealkylation sites (tertiary alicyclic amines) is 1. The Bertz CT molecular complexity index is 891. The third-order valence-electron chi connectivity index (χ3n) is 5.93. The summed E-state index contributed by atoms with van der Waals surface area (Å²) in [4.78, 5) is 16.4. The normalized spacial score (nSPS) is 21.7. The zero-order valence-corrected chi connectivity index (χ0v) is 16.8. The molecule has 28 heavy (non-hydrogen) atoms. The lowest BCUT2D eigenvalue weighted by atomic mass is 10.0. The Hall–Kier alpha value is -2.76. The molecule has 1 aromatic carbocycles. The molecule has 1 saturated heterocycles. The van der Waals surface area contributed by atoms with Crippen LogP contribution in [-0.4, -0.2) is 41.1 Å². The standard InChI is InChI=1S/C22H27FN4O/c1-13-6-5-7-14(2)19(13)9-24-20-8-17(22(28)26-11-18(23)12-26)10-27-16(4)15(3)25-21(20)27/h5-8,10,18,21,24-25H,9,11-12H2,1-4H3. The third kappa shape index (κ3) is 3.17. The van der Waals surface area contributed by atoms with E-state index in [0.717, 1.165) is 17.1 Å². The maximum absolute atomic E-state index is 13.2. The van der Waals surface area contributed by atoms with Gasteiger partial charge in [-0.05, 0) is 50.5 Å². The molecular weight excluding hydrogens is 355 g/mol. The number of carbonyl (C=O) groups excluding carboxylic acids is 1. The predicted octanol–water partition coefficient (Wildman–Crippen LogP) is 2.84.